The molecule has 0 bridgehead atoms. The van der Waals surface area contributed by atoms with E-state index in [1.54, 1.807) is 8.81 Å². The van der Waals surface area contributed by atoms with Crippen LogP contribution < -0.4 is 0 Å². The Hall–Kier alpha value is -1.54. The molecule has 2 radical (unpaired) electrons. The number of benzene rings is 2. The predicted molar refractivity (Wildman–Crippen MR) is 102 cm³/mol. The van der Waals surface area contributed by atoms with Crippen LogP contribution in [0.5, 0.6) is 0 Å². The maximum atomic E-state index is 2.54. The molecule has 2 aliphatic carbocycles. The van der Waals surface area contributed by atoms with E-state index in [0.717, 1.165) is 0 Å². The Morgan fingerprint density at radius 2 is 1.35 bits per heavy atom. The van der Waals surface area contributed by atoms with Gasteiger partial charge in [-0.15, -0.1) is 0 Å². The van der Waals surface area contributed by atoms with E-state index in [1.807, 2.05) is 0 Å². The van der Waals surface area contributed by atoms with Crippen molar-refractivity contribution < 1.29 is 0 Å². The van der Waals surface area contributed by atoms with Crippen molar-refractivity contribution in [2.24, 2.45) is 0 Å². The number of allylic oxidation sites excluding steroid dienone is 3. The Balaban J connectivity index is 1.78. The Morgan fingerprint density at radius 1 is 0.739 bits per heavy atom. The molecule has 0 spiro atoms. The minimum atomic E-state index is -2.31. The third kappa shape index (κ3) is 2.19. The molecule has 4 rings (SSSR count). The van der Waals surface area contributed by atoms with Crippen LogP contribution in [0.4, 0.5) is 0 Å². The van der Waals surface area contributed by atoms with E-state index in [1.165, 1.54) is 33.7 Å². The topological polar surface area (TPSA) is 0 Å². The Labute approximate surface area is 142 Å². The summed E-state index contributed by atoms with van der Waals surface area (Å²) in [6.07, 6.45) is 4.87. The van der Waals surface area contributed by atoms with Crippen LogP contribution >= 0.6 is 0 Å². The first kappa shape index (κ1) is 15.0. The van der Waals surface area contributed by atoms with Crippen LogP contribution in [0.15, 0.2) is 57.3 Å². The van der Waals surface area contributed by atoms with E-state index in [9.17, 15) is 0 Å². The van der Waals surface area contributed by atoms with Gasteiger partial charge in [0.15, 0.2) is 0 Å². The molecule has 23 heavy (non-hydrogen) atoms. The van der Waals surface area contributed by atoms with E-state index >= 15 is 0 Å². The first-order valence-electron chi connectivity index (χ1n) is 8.31. The summed E-state index contributed by atoms with van der Waals surface area (Å²) in [6.45, 7) is 4.64. The molecule has 0 fully saturated rings. The molecule has 0 unspecified atom stereocenters. The van der Waals surface area contributed by atoms with E-state index in [4.69, 9.17) is 0 Å². The van der Waals surface area contributed by atoms with Crippen molar-refractivity contribution in [2.45, 2.75) is 25.4 Å². The molecule has 0 N–H and O–H groups in total. The number of fused-ring (bicyclic) bond motifs is 2. The second-order valence-electron chi connectivity index (χ2n) is 7.17. The molecular weight excluding hydrogens is 337 g/mol. The summed E-state index contributed by atoms with van der Waals surface area (Å²) in [7, 11) is 0. The molecule has 2 aromatic carbocycles. The van der Waals surface area contributed by atoms with Crippen molar-refractivity contribution in [3.63, 3.8) is 0 Å². The zero-order valence-corrected chi connectivity index (χ0v) is 16.4. The first-order chi connectivity index (χ1) is 11.0. The molecule has 0 aromatic heterocycles. The van der Waals surface area contributed by atoms with Gasteiger partial charge in [-0.05, 0) is 0 Å². The van der Waals surface area contributed by atoms with Gasteiger partial charge in [0.25, 0.3) is 0 Å². The zero-order chi connectivity index (χ0) is 16.2. The van der Waals surface area contributed by atoms with Gasteiger partial charge in [0.2, 0.25) is 0 Å². The summed E-state index contributed by atoms with van der Waals surface area (Å²) in [6, 6.07) is 17.6. The Morgan fingerprint density at radius 3 is 2.00 bits per heavy atom. The van der Waals surface area contributed by atoms with Crippen molar-refractivity contribution in [1.82, 2.24) is 0 Å². The summed E-state index contributed by atoms with van der Waals surface area (Å²) in [5.41, 5.74) is 7.15. The molecule has 0 heterocycles. The second kappa shape index (κ2) is 5.24. The van der Waals surface area contributed by atoms with Crippen molar-refractivity contribution in [3.05, 3.63) is 91.9 Å². The standard InChI is InChI=1S/C22H22Ge/c1-15-20-11-7-8-12-21(20)16(2)22(15)23(3,4)19-13-17-9-5-6-10-18(17)14-19/h5-14H,1-4H3. The van der Waals surface area contributed by atoms with Crippen LogP contribution in [-0.4, -0.2) is 13.3 Å². The molecule has 0 saturated carbocycles. The summed E-state index contributed by atoms with van der Waals surface area (Å²) in [5.74, 6) is 6.60. The summed E-state index contributed by atoms with van der Waals surface area (Å²) >= 11 is -2.31. The van der Waals surface area contributed by atoms with Crippen LogP contribution in [0, 0.1) is 12.3 Å². The van der Waals surface area contributed by atoms with Crippen molar-refractivity contribution in [1.29, 1.82) is 0 Å². The van der Waals surface area contributed by atoms with Gasteiger partial charge in [-0.25, -0.2) is 0 Å². The van der Waals surface area contributed by atoms with Crippen LogP contribution in [0.25, 0.3) is 11.6 Å². The Bertz CT molecular complexity index is 852. The molecule has 0 aliphatic heterocycles. The molecule has 1 heteroatoms. The third-order valence-electron chi connectivity index (χ3n) is 5.45. The fourth-order valence-electron chi connectivity index (χ4n) is 4.28. The summed E-state index contributed by atoms with van der Waals surface area (Å²) in [4.78, 5) is 0. The van der Waals surface area contributed by atoms with E-state index in [-0.39, 0.29) is 0 Å². The molecule has 0 atom stereocenters. The summed E-state index contributed by atoms with van der Waals surface area (Å²) < 4.78 is 3.26. The Kier molecular flexibility index (Phi) is 3.42. The molecule has 0 nitrogen and oxygen atoms in total. The average molecular weight is 359 g/mol. The van der Waals surface area contributed by atoms with Gasteiger partial charge in [0.05, 0.1) is 0 Å². The van der Waals surface area contributed by atoms with E-state index < -0.39 is 13.3 Å². The minimum absolute atomic E-state index is 1.38. The van der Waals surface area contributed by atoms with E-state index in [0.29, 0.717) is 0 Å². The van der Waals surface area contributed by atoms with Crippen LogP contribution in [0.3, 0.4) is 0 Å². The second-order valence-corrected chi connectivity index (χ2v) is 16.2. The van der Waals surface area contributed by atoms with Crippen LogP contribution in [-0.2, 0) is 0 Å². The molecular formula is C22H22Ge. The van der Waals surface area contributed by atoms with Gasteiger partial charge in [-0.2, -0.15) is 0 Å². The fraction of sp³-hybridized carbons (Fsp3) is 0.182. The van der Waals surface area contributed by atoms with Gasteiger partial charge in [0, 0.05) is 0 Å². The van der Waals surface area contributed by atoms with Crippen molar-refractivity contribution >= 4 is 24.9 Å². The number of rotatable bonds is 2. The van der Waals surface area contributed by atoms with Crippen molar-refractivity contribution in [2.75, 3.05) is 0 Å². The quantitative estimate of drug-likeness (QED) is 0.590. The summed E-state index contributed by atoms with van der Waals surface area (Å²) in [5, 5.41) is 0. The first-order valence-corrected chi connectivity index (χ1v) is 14.6. The van der Waals surface area contributed by atoms with Gasteiger partial charge in [0.1, 0.15) is 0 Å². The third-order valence-corrected chi connectivity index (χ3v) is 13.3. The molecule has 0 saturated heterocycles. The van der Waals surface area contributed by atoms with Gasteiger partial charge in [-0.1, -0.05) is 0 Å². The van der Waals surface area contributed by atoms with Crippen molar-refractivity contribution in [3.8, 4) is 0 Å². The predicted octanol–water partition coefficient (Wildman–Crippen LogP) is 5.85. The number of hydrogen-bond donors (Lipinski definition) is 0. The average Bonchev–Trinajstić information content (AvgIpc) is 3.09. The van der Waals surface area contributed by atoms with Crippen LogP contribution in [0.2, 0.25) is 11.5 Å². The van der Waals surface area contributed by atoms with Gasteiger partial charge < -0.3 is 0 Å². The van der Waals surface area contributed by atoms with Gasteiger partial charge in [-0.3, -0.25) is 0 Å². The SMILES string of the molecule is C[C]1[C]([Ge]([CH3])([CH3])[C]2=Cc3ccccc3[CH]2)=C(C)c2ccccc21. The molecule has 114 valence electrons. The maximum absolute atomic E-state index is 2.54. The normalized spacial score (nSPS) is 17.3. The molecule has 2 aromatic rings. The molecule has 2 aliphatic rings. The van der Waals surface area contributed by atoms with E-state index in [2.05, 4.69) is 86.4 Å². The molecule has 0 amide bonds. The van der Waals surface area contributed by atoms with Crippen LogP contribution in [0.1, 0.15) is 36.1 Å². The number of hydrogen-bond acceptors (Lipinski definition) is 0. The van der Waals surface area contributed by atoms with Gasteiger partial charge >= 0.3 is 142 Å². The fourth-order valence-corrected chi connectivity index (χ4v) is 11.6. The monoisotopic (exact) mass is 360 g/mol. The zero-order valence-electron chi connectivity index (χ0n) is 14.3.